The maximum absolute atomic E-state index is 12.2. The molecule has 110 valence electrons. The van der Waals surface area contributed by atoms with Crippen molar-refractivity contribution in [1.29, 1.82) is 0 Å². The molecule has 0 bridgehead atoms. The van der Waals surface area contributed by atoms with Crippen molar-refractivity contribution >= 4 is 11.6 Å². The smallest absolute Gasteiger partial charge is 0.253 e. The number of piperazine rings is 1. The number of likely N-dealkylation sites (N-methyl/N-ethyl adjacent to an activating group) is 1. The third kappa shape index (κ3) is 3.93. The van der Waals surface area contributed by atoms with Gasteiger partial charge in [-0.1, -0.05) is 0 Å². The molecule has 0 atom stereocenters. The van der Waals surface area contributed by atoms with Gasteiger partial charge < -0.3 is 15.1 Å². The molecular weight excluding hydrogens is 252 g/mol. The Kier molecular flexibility index (Phi) is 4.28. The summed E-state index contributed by atoms with van der Waals surface area (Å²) in [7, 11) is 2.13. The molecule has 2 rings (SSSR count). The largest absolute Gasteiger partial charge is 0.368 e. The van der Waals surface area contributed by atoms with Gasteiger partial charge in [0, 0.05) is 37.9 Å². The van der Waals surface area contributed by atoms with Gasteiger partial charge in [-0.2, -0.15) is 0 Å². The van der Waals surface area contributed by atoms with Gasteiger partial charge in [-0.25, -0.2) is 0 Å². The standard InChI is InChI=1S/C15H24N4O/c1-15(2,3)17-14(20)12-9-13(11-16-10-12)19-7-5-18(4)6-8-19/h9-11H,5-8H2,1-4H3,(H,17,20). The first-order valence-corrected chi connectivity index (χ1v) is 7.06. The third-order valence-electron chi connectivity index (χ3n) is 3.34. The molecule has 0 unspecified atom stereocenters. The van der Waals surface area contributed by atoms with Crippen molar-refractivity contribution < 1.29 is 4.79 Å². The third-order valence-corrected chi connectivity index (χ3v) is 3.34. The number of nitrogens with zero attached hydrogens (tertiary/aromatic N) is 3. The van der Waals surface area contributed by atoms with Crippen LogP contribution < -0.4 is 10.2 Å². The maximum atomic E-state index is 12.2. The van der Waals surface area contributed by atoms with Crippen LogP contribution in [0.3, 0.4) is 0 Å². The first-order valence-electron chi connectivity index (χ1n) is 7.06. The fourth-order valence-corrected chi connectivity index (χ4v) is 2.20. The molecule has 0 aromatic carbocycles. The molecule has 1 aliphatic heterocycles. The molecule has 1 saturated heterocycles. The number of aromatic nitrogens is 1. The summed E-state index contributed by atoms with van der Waals surface area (Å²) in [5, 5.41) is 2.97. The number of nitrogens with one attached hydrogen (secondary N) is 1. The number of hydrogen-bond donors (Lipinski definition) is 1. The Morgan fingerprint density at radius 3 is 2.45 bits per heavy atom. The average Bonchev–Trinajstić information content (AvgIpc) is 2.38. The van der Waals surface area contributed by atoms with Crippen LogP contribution in [0.5, 0.6) is 0 Å². The number of anilines is 1. The molecule has 0 saturated carbocycles. The van der Waals surface area contributed by atoms with Crippen molar-refractivity contribution in [2.45, 2.75) is 26.3 Å². The Hall–Kier alpha value is -1.62. The van der Waals surface area contributed by atoms with E-state index in [1.54, 1.807) is 6.20 Å². The number of pyridine rings is 1. The quantitative estimate of drug-likeness (QED) is 0.886. The molecule has 2 heterocycles. The lowest BCUT2D eigenvalue weighted by atomic mass is 10.1. The minimum atomic E-state index is -0.235. The summed E-state index contributed by atoms with van der Waals surface area (Å²) in [5.41, 5.74) is 1.41. The minimum absolute atomic E-state index is 0.0685. The molecule has 1 aromatic heterocycles. The highest BCUT2D eigenvalue weighted by atomic mass is 16.1. The fraction of sp³-hybridized carbons (Fsp3) is 0.600. The van der Waals surface area contributed by atoms with Crippen LogP contribution in [-0.4, -0.2) is 54.6 Å². The predicted octanol–water partition coefficient (Wildman–Crippen LogP) is 1.36. The van der Waals surface area contributed by atoms with E-state index in [0.717, 1.165) is 31.9 Å². The molecule has 20 heavy (non-hydrogen) atoms. The second-order valence-corrected chi connectivity index (χ2v) is 6.43. The molecule has 5 nitrogen and oxygen atoms in total. The molecule has 0 radical (unpaired) electrons. The Balaban J connectivity index is 2.10. The Morgan fingerprint density at radius 1 is 1.20 bits per heavy atom. The van der Waals surface area contributed by atoms with Crippen molar-refractivity contribution in [3.05, 3.63) is 24.0 Å². The molecule has 1 fully saturated rings. The van der Waals surface area contributed by atoms with Gasteiger partial charge in [-0.05, 0) is 33.9 Å². The van der Waals surface area contributed by atoms with Crippen molar-refractivity contribution in [3.63, 3.8) is 0 Å². The van der Waals surface area contributed by atoms with Gasteiger partial charge in [-0.3, -0.25) is 9.78 Å². The van der Waals surface area contributed by atoms with Gasteiger partial charge >= 0.3 is 0 Å². The molecule has 1 N–H and O–H groups in total. The van der Waals surface area contributed by atoms with E-state index < -0.39 is 0 Å². The molecule has 1 amide bonds. The summed E-state index contributed by atoms with van der Waals surface area (Å²) in [6.45, 7) is 9.95. The van der Waals surface area contributed by atoms with Crippen molar-refractivity contribution in [3.8, 4) is 0 Å². The number of amides is 1. The Labute approximate surface area is 121 Å². The van der Waals surface area contributed by atoms with Gasteiger partial charge in [-0.15, -0.1) is 0 Å². The lowest BCUT2D eigenvalue weighted by Crippen LogP contribution is -2.44. The van der Waals surface area contributed by atoms with Crippen molar-refractivity contribution in [2.75, 3.05) is 38.1 Å². The van der Waals surface area contributed by atoms with Crippen LogP contribution in [0.1, 0.15) is 31.1 Å². The second-order valence-electron chi connectivity index (χ2n) is 6.43. The SMILES string of the molecule is CN1CCN(c2cncc(C(=O)NC(C)(C)C)c2)CC1. The second kappa shape index (κ2) is 5.79. The molecule has 1 aliphatic rings. The lowest BCUT2D eigenvalue weighted by molar-refractivity contribution is 0.0919. The van der Waals surface area contributed by atoms with E-state index in [1.807, 2.05) is 33.0 Å². The van der Waals surface area contributed by atoms with Gasteiger partial charge in [0.2, 0.25) is 0 Å². The van der Waals surface area contributed by atoms with Crippen LogP contribution in [0, 0.1) is 0 Å². The van der Waals surface area contributed by atoms with Crippen LogP contribution in [0.2, 0.25) is 0 Å². The van der Waals surface area contributed by atoms with E-state index in [0.29, 0.717) is 5.56 Å². The van der Waals surface area contributed by atoms with Crippen molar-refractivity contribution in [1.82, 2.24) is 15.2 Å². The number of hydrogen-bond acceptors (Lipinski definition) is 4. The van der Waals surface area contributed by atoms with E-state index in [4.69, 9.17) is 0 Å². The highest BCUT2D eigenvalue weighted by Crippen LogP contribution is 2.17. The van der Waals surface area contributed by atoms with Crippen LogP contribution in [0.15, 0.2) is 18.5 Å². The average molecular weight is 276 g/mol. The normalized spacial score (nSPS) is 17.1. The molecule has 0 spiro atoms. The maximum Gasteiger partial charge on any atom is 0.253 e. The van der Waals surface area contributed by atoms with Crippen LogP contribution in [0.25, 0.3) is 0 Å². The predicted molar refractivity (Wildman–Crippen MR) is 81.2 cm³/mol. The highest BCUT2D eigenvalue weighted by molar-refractivity contribution is 5.95. The minimum Gasteiger partial charge on any atom is -0.368 e. The Morgan fingerprint density at radius 2 is 1.85 bits per heavy atom. The lowest BCUT2D eigenvalue weighted by Gasteiger charge is -2.34. The fourth-order valence-electron chi connectivity index (χ4n) is 2.20. The summed E-state index contributed by atoms with van der Waals surface area (Å²) in [5.74, 6) is -0.0685. The molecular formula is C15H24N4O. The first kappa shape index (κ1) is 14.8. The summed E-state index contributed by atoms with van der Waals surface area (Å²) in [6.07, 6.45) is 3.46. The summed E-state index contributed by atoms with van der Waals surface area (Å²) in [6, 6.07) is 1.93. The summed E-state index contributed by atoms with van der Waals surface area (Å²) in [4.78, 5) is 21.0. The zero-order valence-electron chi connectivity index (χ0n) is 12.8. The molecule has 1 aromatic rings. The van der Waals surface area contributed by atoms with E-state index in [1.165, 1.54) is 0 Å². The van der Waals surface area contributed by atoms with Gasteiger partial charge in [0.25, 0.3) is 5.91 Å². The highest BCUT2D eigenvalue weighted by Gasteiger charge is 2.18. The topological polar surface area (TPSA) is 48.5 Å². The van der Waals surface area contributed by atoms with Gasteiger partial charge in [0.15, 0.2) is 0 Å². The summed E-state index contributed by atoms with van der Waals surface area (Å²) < 4.78 is 0. The zero-order valence-corrected chi connectivity index (χ0v) is 12.8. The number of carbonyl (C=O) groups is 1. The zero-order chi connectivity index (χ0) is 14.8. The van der Waals surface area contributed by atoms with Crippen LogP contribution in [-0.2, 0) is 0 Å². The number of carbonyl (C=O) groups excluding carboxylic acids is 1. The van der Waals surface area contributed by atoms with Crippen molar-refractivity contribution in [2.24, 2.45) is 0 Å². The van der Waals surface area contributed by atoms with E-state index in [-0.39, 0.29) is 11.4 Å². The molecule has 0 aliphatic carbocycles. The first-order chi connectivity index (χ1) is 9.35. The summed E-state index contributed by atoms with van der Waals surface area (Å²) >= 11 is 0. The van der Waals surface area contributed by atoms with Crippen LogP contribution in [0.4, 0.5) is 5.69 Å². The van der Waals surface area contributed by atoms with Gasteiger partial charge in [0.1, 0.15) is 0 Å². The Bertz CT molecular complexity index is 473. The molecule has 5 heteroatoms. The van der Waals surface area contributed by atoms with Crippen LogP contribution >= 0.6 is 0 Å². The van der Waals surface area contributed by atoms with E-state index in [2.05, 4.69) is 27.1 Å². The van der Waals surface area contributed by atoms with E-state index in [9.17, 15) is 4.79 Å². The monoisotopic (exact) mass is 276 g/mol. The van der Waals surface area contributed by atoms with E-state index >= 15 is 0 Å². The van der Waals surface area contributed by atoms with Gasteiger partial charge in [0.05, 0.1) is 17.4 Å². The number of rotatable bonds is 2.